The van der Waals surface area contributed by atoms with E-state index in [9.17, 15) is 57.8 Å². The minimum absolute atomic E-state index is 0.0355. The van der Waals surface area contributed by atoms with E-state index in [2.05, 4.69) is 57.5 Å². The summed E-state index contributed by atoms with van der Waals surface area (Å²) in [5, 5.41) is 32.6. The second-order valence-corrected chi connectivity index (χ2v) is 26.0. The number of para-hydroxylation sites is 1. The number of carbonyl (C=O) groups excluding carboxylic acids is 11. The number of Topliss-reactive ketones (excluding diaryl/α,β-unsaturated/α-hetero) is 1. The lowest BCUT2D eigenvalue weighted by Crippen LogP contribution is -2.59. The number of H-pyrrole nitrogens is 2. The van der Waals surface area contributed by atoms with Gasteiger partial charge in [0.25, 0.3) is 0 Å². The Balaban J connectivity index is 1.44. The molecule has 496 valence electrons. The third-order valence-electron chi connectivity index (χ3n) is 15.0. The summed E-state index contributed by atoms with van der Waals surface area (Å²) in [5.74, 6) is -7.77. The topological polar surface area (TPSA) is 439 Å². The molecule has 0 unspecified atom stereocenters. The van der Waals surface area contributed by atoms with Crippen LogP contribution in [0.5, 0.6) is 0 Å². The van der Waals surface area contributed by atoms with E-state index >= 15 is 0 Å². The number of nitrogens with zero attached hydrogens (tertiary/aromatic N) is 2. The van der Waals surface area contributed by atoms with Gasteiger partial charge in [-0.1, -0.05) is 73.6 Å². The molecule has 2 heterocycles. The zero-order valence-corrected chi connectivity index (χ0v) is 54.3. The molecule has 8 atom stereocenters. The molecule has 0 aliphatic heterocycles. The van der Waals surface area contributed by atoms with Crippen molar-refractivity contribution < 1.29 is 57.8 Å². The van der Waals surface area contributed by atoms with E-state index in [-0.39, 0.29) is 85.7 Å². The van der Waals surface area contributed by atoms with E-state index < -0.39 is 120 Å². The van der Waals surface area contributed by atoms with Crippen LogP contribution in [-0.4, -0.2) is 164 Å². The smallest absolute Gasteiger partial charge is 0.243 e. The summed E-state index contributed by atoms with van der Waals surface area (Å²) in [7, 11) is 0. The van der Waals surface area contributed by atoms with Crippen LogP contribution >= 0.6 is 11.8 Å². The maximum atomic E-state index is 14.4. The van der Waals surface area contributed by atoms with Gasteiger partial charge in [0.2, 0.25) is 59.1 Å². The molecule has 0 saturated carbocycles. The van der Waals surface area contributed by atoms with Gasteiger partial charge in [-0.25, -0.2) is 4.98 Å². The van der Waals surface area contributed by atoms with E-state index in [0.717, 1.165) is 10.9 Å². The number of aromatic amines is 2. The van der Waals surface area contributed by atoms with Gasteiger partial charge in [-0.2, -0.15) is 11.8 Å². The third-order valence-corrected chi connectivity index (χ3v) is 15.7. The highest BCUT2D eigenvalue weighted by Crippen LogP contribution is 2.37. The molecular weight excluding hydrogens is 1180 g/mol. The van der Waals surface area contributed by atoms with Crippen LogP contribution in [0.2, 0.25) is 0 Å². The molecule has 1 aromatic carbocycles. The second-order valence-electron chi connectivity index (χ2n) is 25.0. The fourth-order valence-electron chi connectivity index (χ4n) is 10.2. The molecule has 10 amide bonds. The van der Waals surface area contributed by atoms with Crippen molar-refractivity contribution in [2.45, 2.75) is 188 Å². The average Bonchev–Trinajstić information content (AvgIpc) is 1.06. The summed E-state index contributed by atoms with van der Waals surface area (Å²) in [5.41, 5.74) is 19.7. The Morgan fingerprint density at radius 3 is 1.97 bits per heavy atom. The molecule has 0 radical (unpaired) electrons. The second kappa shape index (κ2) is 35.9. The molecule has 27 nitrogen and oxygen atoms in total. The molecule has 28 heteroatoms. The van der Waals surface area contributed by atoms with E-state index in [1.807, 2.05) is 66.0 Å². The number of aliphatic imine (C=N–C) groups is 1. The summed E-state index contributed by atoms with van der Waals surface area (Å²) in [6.45, 7) is 15.8. The van der Waals surface area contributed by atoms with Crippen molar-refractivity contribution in [2.24, 2.45) is 45.4 Å². The summed E-state index contributed by atoms with van der Waals surface area (Å²) in [4.78, 5) is 163. The van der Waals surface area contributed by atoms with E-state index in [1.54, 1.807) is 26.1 Å². The SMILES string of the molecule is CSCC[C@H](NC(=O)[C@H](CC(C)C)NC(=O)[C@H](Cc1cnc[nH]1)NC(=O)CNC(=O)[C@@H](NC(=O)[C@H](C)NC(=O)[C@H](Cc1c[nH]c2ccccc12)NC(=O)[C@H](CCC(N)=O)NC(=O)[C@@H](N)CCCCN=C(CC(C)C)C1=C(O)CC(C)(C)CC1=O)C(C)C)C(N)=O. The number of hydrogen-bond acceptors (Lipinski definition) is 16. The van der Waals surface area contributed by atoms with Crippen molar-refractivity contribution >= 4 is 93.2 Å². The number of thioether (sulfide) groups is 1. The molecule has 1 aliphatic carbocycles. The molecule has 4 rings (SSSR count). The zero-order chi connectivity index (χ0) is 67.0. The maximum absolute atomic E-state index is 14.4. The Morgan fingerprint density at radius 2 is 1.34 bits per heavy atom. The van der Waals surface area contributed by atoms with E-state index in [4.69, 9.17) is 22.2 Å². The van der Waals surface area contributed by atoms with E-state index in [0.29, 0.717) is 54.9 Å². The lowest BCUT2D eigenvalue weighted by molar-refractivity contribution is -0.135. The minimum Gasteiger partial charge on any atom is -0.511 e. The lowest BCUT2D eigenvalue weighted by atomic mass is 9.75. The van der Waals surface area contributed by atoms with Crippen LogP contribution in [0.4, 0.5) is 0 Å². The molecule has 90 heavy (non-hydrogen) atoms. The number of aliphatic hydroxyl groups excluding tert-OH is 1. The van der Waals surface area contributed by atoms with Gasteiger partial charge >= 0.3 is 0 Å². The fourth-order valence-corrected chi connectivity index (χ4v) is 10.7. The standard InChI is InChI=1S/C62H95N15O12S/c1-33(2)23-44(52-48(78)27-62(8,9)28-49(52)79)67-21-14-13-16-40(63)56(84)74-43(18-19-50(64)80)57(85)76-46(25-37-29-68-41-17-12-11-15-39(37)41)58(86)71-36(7)55(83)77-53(35(5)6)61(89)69-31-51(81)72-47(26-38-30-66-32-70-38)60(88)75-45(24-34(3)4)59(87)73-42(54(65)82)20-22-90-10/h11-12,15,17,29-30,32-36,40,42-43,45-47,53,68,78H,13-14,16,18-28,31,63H2,1-10H3,(H2,64,80)(H2,65,82)(H,66,70)(H,69,89)(H,71,86)(H,72,81)(H,73,87)(H,74,84)(H,75,88)(H,76,85)(H,77,83)/t36-,40-,42-,43-,45-,46-,47-,53-/m0/s1. The molecule has 0 bridgehead atoms. The van der Waals surface area contributed by atoms with Gasteiger partial charge in [-0.15, -0.1) is 0 Å². The average molecular weight is 1270 g/mol. The fraction of sp³-hybridized carbons (Fsp3) is 0.597. The zero-order valence-electron chi connectivity index (χ0n) is 53.5. The number of unbranched alkanes of at least 4 members (excludes halogenated alkanes) is 1. The number of primary amides is 2. The minimum atomic E-state index is -1.40. The highest BCUT2D eigenvalue weighted by Gasteiger charge is 2.37. The van der Waals surface area contributed by atoms with Crippen molar-refractivity contribution in [3.05, 3.63) is 65.6 Å². The van der Waals surface area contributed by atoms with Crippen molar-refractivity contribution in [1.82, 2.24) is 57.5 Å². The Morgan fingerprint density at radius 1 is 0.711 bits per heavy atom. The highest BCUT2D eigenvalue weighted by atomic mass is 32.2. The van der Waals surface area contributed by atoms with Gasteiger partial charge in [0.1, 0.15) is 48.1 Å². The molecule has 0 fully saturated rings. The van der Waals surface area contributed by atoms with Crippen molar-refractivity contribution in [2.75, 3.05) is 25.1 Å². The number of carbonyl (C=O) groups is 11. The number of fused-ring (bicyclic) bond motifs is 1. The van der Waals surface area contributed by atoms with Crippen LogP contribution in [0.1, 0.15) is 138 Å². The first-order valence-electron chi connectivity index (χ1n) is 30.6. The van der Waals surface area contributed by atoms with E-state index in [1.165, 1.54) is 31.2 Å². The van der Waals surface area contributed by atoms with Gasteiger partial charge in [-0.3, -0.25) is 57.7 Å². The van der Waals surface area contributed by atoms with Gasteiger partial charge in [-0.05, 0) is 98.7 Å². The number of hydrogen-bond donors (Lipinski definition) is 14. The van der Waals surface area contributed by atoms with Crippen LogP contribution < -0.4 is 59.7 Å². The monoisotopic (exact) mass is 1270 g/mol. The number of aromatic nitrogens is 3. The molecule has 2 aromatic heterocycles. The number of aliphatic hydroxyl groups is 1. The molecule has 3 aromatic rings. The van der Waals surface area contributed by atoms with Gasteiger partial charge < -0.3 is 74.8 Å². The number of nitrogens with two attached hydrogens (primary N) is 3. The number of allylic oxidation sites excluding steroid dienone is 2. The van der Waals surface area contributed by atoms with Crippen molar-refractivity contribution in [3.8, 4) is 0 Å². The highest BCUT2D eigenvalue weighted by molar-refractivity contribution is 7.98. The summed E-state index contributed by atoms with van der Waals surface area (Å²) in [6, 6.07) is -2.66. The molecule has 17 N–H and O–H groups in total. The predicted octanol–water partition coefficient (Wildman–Crippen LogP) is 1.60. The summed E-state index contributed by atoms with van der Waals surface area (Å²) in [6.07, 6.45) is 8.19. The van der Waals surface area contributed by atoms with Crippen LogP contribution in [0.15, 0.2) is 59.3 Å². The van der Waals surface area contributed by atoms with Crippen molar-refractivity contribution in [3.63, 3.8) is 0 Å². The molecule has 1 aliphatic rings. The first-order chi connectivity index (χ1) is 42.4. The number of rotatable bonds is 38. The Hall–Kier alpha value is -8.14. The number of imidazole rings is 1. The first-order valence-corrected chi connectivity index (χ1v) is 32.0. The number of nitrogens with one attached hydrogen (secondary N) is 10. The molecule has 0 spiro atoms. The van der Waals surface area contributed by atoms with Crippen LogP contribution in [0, 0.1) is 23.2 Å². The van der Waals surface area contributed by atoms with Crippen LogP contribution in [-0.2, 0) is 65.6 Å². The number of amides is 10. The molecular formula is C62H95N15O12S. The summed E-state index contributed by atoms with van der Waals surface area (Å²) < 4.78 is 0. The molecule has 0 saturated heterocycles. The van der Waals surface area contributed by atoms with Crippen LogP contribution in [0.25, 0.3) is 10.9 Å². The number of ketones is 1. The van der Waals surface area contributed by atoms with Gasteiger partial charge in [0.05, 0.1) is 24.5 Å². The maximum Gasteiger partial charge on any atom is 0.243 e. The predicted molar refractivity (Wildman–Crippen MR) is 343 cm³/mol. The van der Waals surface area contributed by atoms with Gasteiger partial charge in [0.15, 0.2) is 5.78 Å². The normalized spacial score (nSPS) is 16.0. The Kier molecular flexibility index (Phi) is 29.6. The first kappa shape index (κ1) is 74.3. The van der Waals surface area contributed by atoms with Crippen molar-refractivity contribution in [1.29, 1.82) is 0 Å². The Bertz CT molecular complexity index is 3050. The van der Waals surface area contributed by atoms with Gasteiger partial charge in [0, 0.05) is 73.4 Å². The summed E-state index contributed by atoms with van der Waals surface area (Å²) >= 11 is 1.46. The quantitative estimate of drug-likeness (QED) is 0.0286. The lowest BCUT2D eigenvalue weighted by Gasteiger charge is -2.30. The Labute approximate surface area is 530 Å². The van der Waals surface area contributed by atoms with Crippen LogP contribution in [0.3, 0.4) is 0 Å². The largest absolute Gasteiger partial charge is 0.511 e. The number of benzene rings is 1. The third kappa shape index (κ3) is 24.3.